The lowest BCUT2D eigenvalue weighted by Crippen LogP contribution is -2.24. The molecule has 0 amide bonds. The van der Waals surface area contributed by atoms with Gasteiger partial charge in [0.15, 0.2) is 11.6 Å². The van der Waals surface area contributed by atoms with Gasteiger partial charge in [-0.25, -0.2) is 0 Å². The molecule has 2 atom stereocenters. The molecular weight excluding hydrogens is 853 g/mol. The Morgan fingerprint density at radius 3 is 1.33 bits per heavy atom. The Morgan fingerprint density at radius 2 is 0.952 bits per heavy atom. The van der Waals surface area contributed by atoms with Gasteiger partial charge in [-0.15, -0.1) is 0 Å². The molecule has 12 heteroatoms. The van der Waals surface area contributed by atoms with Gasteiger partial charge in [0.25, 0.3) is 10.1 Å². The average molecular weight is 950 g/mol. The highest BCUT2D eigenvalue weighted by molar-refractivity contribution is 7.99. The molecule has 1 aromatic rings. The Balaban J connectivity index is 0.000000526. The summed E-state index contributed by atoms with van der Waals surface area (Å²) in [5.41, 5.74) is 1.04. The highest BCUT2D eigenvalue weighted by Crippen LogP contribution is 2.23. The van der Waals surface area contributed by atoms with E-state index in [-0.39, 0.29) is 30.3 Å². The van der Waals surface area contributed by atoms with Crippen molar-refractivity contribution in [2.45, 2.75) is 231 Å². The van der Waals surface area contributed by atoms with Gasteiger partial charge in [-0.2, -0.15) is 31.9 Å². The molecule has 372 valence electrons. The first kappa shape index (κ1) is 60.6. The van der Waals surface area contributed by atoms with Crippen LogP contribution in [0.3, 0.4) is 0 Å². The second-order valence-electron chi connectivity index (χ2n) is 18.3. The lowest BCUT2D eigenvalue weighted by atomic mass is 10.1. The van der Waals surface area contributed by atoms with Gasteiger partial charge < -0.3 is 28.8 Å². The van der Waals surface area contributed by atoms with Crippen LogP contribution in [0.1, 0.15) is 201 Å². The van der Waals surface area contributed by atoms with Crippen molar-refractivity contribution in [3.8, 4) is 0 Å². The van der Waals surface area contributed by atoms with Crippen LogP contribution in [-0.4, -0.2) is 100.0 Å². The Bertz CT molecular complexity index is 1260. The van der Waals surface area contributed by atoms with E-state index in [1.165, 1.54) is 158 Å². The third-order valence-electron chi connectivity index (χ3n) is 11.0. The number of hydrogen-bond donors (Lipinski definition) is 1. The first-order chi connectivity index (χ1) is 30.3. The van der Waals surface area contributed by atoms with Crippen molar-refractivity contribution in [3.05, 3.63) is 29.8 Å². The van der Waals surface area contributed by atoms with E-state index in [1.807, 2.05) is 34.6 Å². The fourth-order valence-corrected chi connectivity index (χ4v) is 10.1. The Kier molecular flexibility index (Phi) is 38.1. The van der Waals surface area contributed by atoms with Crippen molar-refractivity contribution in [1.82, 2.24) is 0 Å². The molecule has 2 fully saturated rings. The van der Waals surface area contributed by atoms with Crippen molar-refractivity contribution < 1.29 is 41.4 Å². The van der Waals surface area contributed by atoms with Gasteiger partial charge in [-0.05, 0) is 108 Å². The molecule has 2 saturated heterocycles. The number of rotatable bonds is 37. The van der Waals surface area contributed by atoms with Crippen LogP contribution in [0.4, 0.5) is 0 Å². The van der Waals surface area contributed by atoms with Crippen LogP contribution in [0.25, 0.3) is 0 Å². The number of thioether (sulfide) groups is 2. The molecule has 0 aromatic heterocycles. The fourth-order valence-electron chi connectivity index (χ4n) is 7.16. The monoisotopic (exact) mass is 949 g/mol. The van der Waals surface area contributed by atoms with E-state index in [9.17, 15) is 8.42 Å². The molecule has 3 rings (SSSR count). The zero-order chi connectivity index (χ0) is 46.3. The number of hydrogen-bond acceptors (Lipinski definition) is 11. The molecule has 0 bridgehead atoms. The quantitative estimate of drug-likeness (QED) is 0.0508. The molecule has 0 unspecified atom stereocenters. The summed E-state index contributed by atoms with van der Waals surface area (Å²) in [4.78, 5) is 0.247. The van der Waals surface area contributed by atoms with E-state index < -0.39 is 21.7 Å². The van der Waals surface area contributed by atoms with Gasteiger partial charge in [0, 0.05) is 6.61 Å². The maximum absolute atomic E-state index is 12.1. The van der Waals surface area contributed by atoms with Crippen LogP contribution in [-0.2, 0) is 38.0 Å². The number of aliphatic hydroxyl groups is 1. The maximum atomic E-state index is 12.1. The largest absolute Gasteiger partial charge is 0.394 e. The summed E-state index contributed by atoms with van der Waals surface area (Å²) >= 11 is 4.27. The summed E-state index contributed by atoms with van der Waals surface area (Å²) in [6.45, 7) is 17.1. The van der Waals surface area contributed by atoms with Crippen molar-refractivity contribution in [3.63, 3.8) is 0 Å². The summed E-state index contributed by atoms with van der Waals surface area (Å²) in [6, 6.07) is 6.80. The zero-order valence-corrected chi connectivity index (χ0v) is 43.9. The van der Waals surface area contributed by atoms with Crippen molar-refractivity contribution in [2.75, 3.05) is 62.7 Å². The minimum atomic E-state index is -3.60. The van der Waals surface area contributed by atoms with E-state index >= 15 is 0 Å². The van der Waals surface area contributed by atoms with Crippen LogP contribution in [0, 0.1) is 6.92 Å². The third kappa shape index (κ3) is 36.3. The molecule has 9 nitrogen and oxygen atoms in total. The number of aliphatic hydroxyl groups excluding tert-OH is 1. The molecule has 1 N–H and O–H groups in total. The molecule has 0 saturated carbocycles. The normalized spacial score (nSPS) is 17.9. The van der Waals surface area contributed by atoms with Crippen LogP contribution in [0.5, 0.6) is 0 Å². The van der Waals surface area contributed by atoms with E-state index in [0.29, 0.717) is 19.8 Å². The molecular formula is C51H96O9S3. The van der Waals surface area contributed by atoms with Gasteiger partial charge in [0.2, 0.25) is 0 Å². The van der Waals surface area contributed by atoms with E-state index in [1.54, 1.807) is 24.3 Å². The second kappa shape index (κ2) is 39.6. The van der Waals surface area contributed by atoms with Gasteiger partial charge in [0.1, 0.15) is 12.2 Å². The minimum absolute atomic E-state index is 0.0451. The first-order valence-corrected chi connectivity index (χ1v) is 29.0. The van der Waals surface area contributed by atoms with Crippen LogP contribution in [0.15, 0.2) is 29.2 Å². The number of benzene rings is 1. The molecule has 1 aromatic carbocycles. The Labute approximate surface area is 396 Å². The smallest absolute Gasteiger partial charge is 0.296 e. The fraction of sp³-hybridized carbons (Fsp3) is 0.882. The lowest BCUT2D eigenvalue weighted by Gasteiger charge is -2.17. The predicted octanol–water partition coefficient (Wildman–Crippen LogP) is 13.9. The molecule has 0 spiro atoms. The van der Waals surface area contributed by atoms with Crippen molar-refractivity contribution in [1.29, 1.82) is 0 Å². The van der Waals surface area contributed by atoms with Crippen molar-refractivity contribution >= 4 is 33.6 Å². The third-order valence-corrected chi connectivity index (χ3v) is 14.6. The number of aryl methyl sites for hydroxylation is 1. The summed E-state index contributed by atoms with van der Waals surface area (Å²) in [5.74, 6) is 4.41. The highest BCUT2D eigenvalue weighted by atomic mass is 32.2. The number of unbranched alkanes of at least 4 members (excludes halogenated alkanes) is 20. The first-order valence-electron chi connectivity index (χ1n) is 25.3. The van der Waals surface area contributed by atoms with E-state index in [0.717, 1.165) is 31.4 Å². The maximum Gasteiger partial charge on any atom is 0.296 e. The predicted molar refractivity (Wildman–Crippen MR) is 269 cm³/mol. The molecule has 2 aliphatic rings. The highest BCUT2D eigenvalue weighted by Gasteiger charge is 2.33. The summed E-state index contributed by atoms with van der Waals surface area (Å²) < 4.78 is 56.6. The van der Waals surface area contributed by atoms with Gasteiger partial charge in [-0.3, -0.25) is 4.18 Å². The van der Waals surface area contributed by atoms with Crippen molar-refractivity contribution in [2.24, 2.45) is 0 Å². The summed E-state index contributed by atoms with van der Waals surface area (Å²) in [7, 11) is -3.60. The number of ether oxygens (including phenoxy) is 5. The molecule has 2 heterocycles. The lowest BCUT2D eigenvalue weighted by molar-refractivity contribution is -0.145. The van der Waals surface area contributed by atoms with Crippen LogP contribution >= 0.6 is 23.5 Å². The zero-order valence-electron chi connectivity index (χ0n) is 41.4. The standard InChI is InChI=1S/C23H40O3S2.C22H44O3S.C6H12O3/c1-3-4-5-6-10-13-20-27-21-14-11-8-7-9-12-19-26-28(24,25)23-17-15-22(2)16-18-23;1-4-5-6-7-11-14-17-26-18-15-12-9-8-10-13-16-23-19-21-20-24-22(2,3)25-21;1-6(2)8-4-5(3-7)9-6/h15-18H,3-14,19-21H2,1-2H3;21H,4-20H2,1-3H3;5,7H,3-4H2,1-2H3/t;21-;5-/m.00/s1. The Morgan fingerprint density at radius 1 is 0.571 bits per heavy atom. The molecule has 0 radical (unpaired) electrons. The molecule has 0 aliphatic carbocycles. The minimum Gasteiger partial charge on any atom is -0.394 e. The second-order valence-corrected chi connectivity index (χ2v) is 22.3. The summed E-state index contributed by atoms with van der Waals surface area (Å²) in [6.07, 6.45) is 31.6. The van der Waals surface area contributed by atoms with Crippen LogP contribution < -0.4 is 0 Å². The van der Waals surface area contributed by atoms with Gasteiger partial charge in [0.05, 0.1) is 37.9 Å². The van der Waals surface area contributed by atoms with Crippen LogP contribution in [0.2, 0.25) is 0 Å². The summed E-state index contributed by atoms with van der Waals surface area (Å²) in [5, 5.41) is 8.59. The average Bonchev–Trinajstić information content (AvgIpc) is 3.81. The van der Waals surface area contributed by atoms with E-state index in [2.05, 4.69) is 37.4 Å². The molecule has 63 heavy (non-hydrogen) atoms. The van der Waals surface area contributed by atoms with E-state index in [4.69, 9.17) is 33.0 Å². The van der Waals surface area contributed by atoms with Gasteiger partial charge in [-0.1, -0.05) is 147 Å². The Hall–Kier alpha value is -0.410. The van der Waals surface area contributed by atoms with Gasteiger partial charge >= 0.3 is 0 Å². The SMILES string of the molecule is CC1(C)OC[C@H](CO)O1.CCCCCCCCSCCCCCCCCOC[C@H]1COC(C)(C)O1.CCCCCCCCSCCCCCCCCOS(=O)(=O)c1ccc(C)cc1. The topological polar surface area (TPSA) is 110 Å². The molecule has 2 aliphatic heterocycles.